The fraction of sp³-hybridized carbons (Fsp3) is 0.310. The molecular weight excluding hydrogens is 424 g/mol. The van der Waals surface area contributed by atoms with E-state index in [9.17, 15) is 9.59 Å². The number of ether oxygens (including phenoxy) is 1. The third-order valence-corrected chi connectivity index (χ3v) is 5.76. The van der Waals surface area contributed by atoms with E-state index < -0.39 is 6.04 Å². The molecule has 2 amide bonds. The maximum absolute atomic E-state index is 13.6. The highest BCUT2D eigenvalue weighted by Crippen LogP contribution is 2.31. The summed E-state index contributed by atoms with van der Waals surface area (Å²) < 4.78 is 6.03. The Morgan fingerprint density at radius 3 is 2.00 bits per heavy atom. The Kier molecular flexibility index (Phi) is 8.47. The lowest BCUT2D eigenvalue weighted by atomic mass is 9.86. The van der Waals surface area contributed by atoms with Crippen LogP contribution in [0.5, 0.6) is 5.75 Å². The Balaban J connectivity index is 1.88. The summed E-state index contributed by atoms with van der Waals surface area (Å²) in [7, 11) is 1.60. The van der Waals surface area contributed by atoms with Crippen LogP contribution >= 0.6 is 0 Å². The molecule has 0 spiro atoms. The molecule has 0 heterocycles. The maximum atomic E-state index is 13.6. The number of nitrogens with zero attached hydrogens (tertiary/aromatic N) is 1. The van der Waals surface area contributed by atoms with Crippen molar-refractivity contribution in [3.05, 3.63) is 102 Å². The van der Waals surface area contributed by atoms with Gasteiger partial charge < -0.3 is 15.0 Å². The number of amides is 2. The molecular formula is C29H34N2O3. The summed E-state index contributed by atoms with van der Waals surface area (Å²) in [6.45, 7) is 6.50. The molecule has 0 radical (unpaired) electrons. The molecule has 1 unspecified atom stereocenters. The minimum atomic E-state index is -0.665. The van der Waals surface area contributed by atoms with Gasteiger partial charge in [-0.05, 0) is 28.2 Å². The Bertz CT molecular complexity index is 1080. The molecule has 5 nitrogen and oxygen atoms in total. The second-order valence-corrected chi connectivity index (χ2v) is 9.36. The van der Waals surface area contributed by atoms with E-state index in [1.165, 1.54) is 0 Å². The summed E-state index contributed by atoms with van der Waals surface area (Å²) >= 11 is 0. The van der Waals surface area contributed by atoms with Gasteiger partial charge in [0.1, 0.15) is 11.8 Å². The molecule has 0 aliphatic rings. The topological polar surface area (TPSA) is 58.6 Å². The van der Waals surface area contributed by atoms with Gasteiger partial charge in [0, 0.05) is 20.0 Å². The highest BCUT2D eigenvalue weighted by Gasteiger charge is 2.30. The molecule has 0 saturated heterocycles. The van der Waals surface area contributed by atoms with Gasteiger partial charge >= 0.3 is 0 Å². The molecule has 0 saturated carbocycles. The average Bonchev–Trinajstić information content (AvgIpc) is 2.85. The molecule has 1 atom stereocenters. The van der Waals surface area contributed by atoms with Crippen molar-refractivity contribution in [2.75, 3.05) is 13.7 Å². The lowest BCUT2D eigenvalue weighted by molar-refractivity contribution is -0.142. The van der Waals surface area contributed by atoms with Crippen molar-refractivity contribution >= 4 is 11.8 Å². The molecule has 1 N–H and O–H groups in total. The van der Waals surface area contributed by atoms with Crippen LogP contribution in [0.2, 0.25) is 0 Å². The molecule has 178 valence electrons. The van der Waals surface area contributed by atoms with Crippen LogP contribution in [-0.2, 0) is 28.0 Å². The first-order chi connectivity index (χ1) is 16.3. The summed E-state index contributed by atoms with van der Waals surface area (Å²) in [6, 6.07) is 26.6. The summed E-state index contributed by atoms with van der Waals surface area (Å²) in [5, 5.41) is 2.74. The van der Waals surface area contributed by atoms with E-state index in [1.807, 2.05) is 84.9 Å². The summed E-state index contributed by atoms with van der Waals surface area (Å²) in [5.41, 5.74) is 2.85. The van der Waals surface area contributed by atoms with Crippen molar-refractivity contribution in [3.8, 4) is 5.75 Å². The Hall–Kier alpha value is -3.60. The molecule has 3 rings (SSSR count). The van der Waals surface area contributed by atoms with E-state index in [-0.39, 0.29) is 23.8 Å². The number of para-hydroxylation sites is 1. The van der Waals surface area contributed by atoms with E-state index in [0.29, 0.717) is 18.7 Å². The van der Waals surface area contributed by atoms with Crippen molar-refractivity contribution in [2.24, 2.45) is 0 Å². The number of carbonyl (C=O) groups is 2. The van der Waals surface area contributed by atoms with Crippen LogP contribution in [0.1, 0.15) is 37.5 Å². The average molecular weight is 459 g/mol. The van der Waals surface area contributed by atoms with Gasteiger partial charge in [0.15, 0.2) is 6.61 Å². The number of nitrogens with one attached hydrogen (secondary N) is 1. The van der Waals surface area contributed by atoms with Crippen molar-refractivity contribution in [2.45, 2.75) is 45.2 Å². The van der Waals surface area contributed by atoms with E-state index >= 15 is 0 Å². The van der Waals surface area contributed by atoms with Crippen molar-refractivity contribution in [1.29, 1.82) is 0 Å². The summed E-state index contributed by atoms with van der Waals surface area (Å²) in [5.74, 6) is 0.239. The lowest BCUT2D eigenvalue weighted by Crippen LogP contribution is -2.51. The van der Waals surface area contributed by atoms with Crippen molar-refractivity contribution < 1.29 is 14.3 Å². The van der Waals surface area contributed by atoms with Crippen LogP contribution in [0.15, 0.2) is 84.9 Å². The quantitative estimate of drug-likeness (QED) is 0.503. The fourth-order valence-electron chi connectivity index (χ4n) is 3.94. The first-order valence-electron chi connectivity index (χ1n) is 11.6. The number of likely N-dealkylation sites (N-methyl/N-ethyl adjacent to an activating group) is 1. The molecule has 0 aliphatic heterocycles. The van der Waals surface area contributed by atoms with E-state index in [4.69, 9.17) is 4.74 Å². The van der Waals surface area contributed by atoms with Gasteiger partial charge in [-0.2, -0.15) is 0 Å². The SMILES string of the molecule is CNC(=O)C(Cc1ccccc1)N(Cc1ccccc1)C(=O)COc1ccccc1C(C)(C)C. The number of rotatable bonds is 9. The van der Waals surface area contributed by atoms with Crippen LogP contribution in [-0.4, -0.2) is 36.4 Å². The van der Waals surface area contributed by atoms with Gasteiger partial charge in [-0.15, -0.1) is 0 Å². The predicted octanol–water partition coefficient (Wildman–Crippen LogP) is 4.75. The van der Waals surface area contributed by atoms with Crippen molar-refractivity contribution in [3.63, 3.8) is 0 Å². The normalized spacial score (nSPS) is 12.0. The highest BCUT2D eigenvalue weighted by atomic mass is 16.5. The first kappa shape index (κ1) is 25.0. The van der Waals surface area contributed by atoms with Crippen LogP contribution in [0.4, 0.5) is 0 Å². The second kappa shape index (κ2) is 11.5. The fourth-order valence-corrected chi connectivity index (χ4v) is 3.94. The smallest absolute Gasteiger partial charge is 0.261 e. The maximum Gasteiger partial charge on any atom is 0.261 e. The lowest BCUT2D eigenvalue weighted by Gasteiger charge is -2.31. The monoisotopic (exact) mass is 458 g/mol. The van der Waals surface area contributed by atoms with Crippen LogP contribution in [0.3, 0.4) is 0 Å². The van der Waals surface area contributed by atoms with Gasteiger partial charge in [-0.1, -0.05) is 99.6 Å². The molecule has 3 aromatic rings. The summed E-state index contributed by atoms with van der Waals surface area (Å²) in [4.78, 5) is 28.1. The van der Waals surface area contributed by atoms with Crippen molar-refractivity contribution in [1.82, 2.24) is 10.2 Å². The minimum Gasteiger partial charge on any atom is -0.483 e. The van der Waals surface area contributed by atoms with Gasteiger partial charge in [-0.25, -0.2) is 0 Å². The van der Waals surface area contributed by atoms with Gasteiger partial charge in [0.25, 0.3) is 5.91 Å². The van der Waals surface area contributed by atoms with Crippen LogP contribution < -0.4 is 10.1 Å². The highest BCUT2D eigenvalue weighted by molar-refractivity contribution is 5.88. The summed E-state index contributed by atoms with van der Waals surface area (Å²) in [6.07, 6.45) is 0.414. The third kappa shape index (κ3) is 6.70. The van der Waals surface area contributed by atoms with Gasteiger partial charge in [0.2, 0.25) is 5.91 Å². The standard InChI is InChI=1S/C29H34N2O3/c1-29(2,3)24-17-11-12-18-26(24)34-21-27(32)31(20-23-15-9-6-10-16-23)25(28(33)30-4)19-22-13-7-5-8-14-22/h5-18,25H,19-21H2,1-4H3,(H,30,33). The van der Waals surface area contributed by atoms with Crippen LogP contribution in [0, 0.1) is 0 Å². The Morgan fingerprint density at radius 2 is 1.41 bits per heavy atom. The number of hydrogen-bond donors (Lipinski definition) is 1. The molecule has 0 aliphatic carbocycles. The van der Waals surface area contributed by atoms with Gasteiger partial charge in [-0.3, -0.25) is 9.59 Å². The number of benzene rings is 3. The predicted molar refractivity (Wildman–Crippen MR) is 136 cm³/mol. The second-order valence-electron chi connectivity index (χ2n) is 9.36. The van der Waals surface area contributed by atoms with E-state index in [1.54, 1.807) is 11.9 Å². The Morgan fingerprint density at radius 1 is 0.853 bits per heavy atom. The zero-order valence-electron chi connectivity index (χ0n) is 20.5. The van der Waals surface area contributed by atoms with Gasteiger partial charge in [0.05, 0.1) is 0 Å². The Labute approximate surface area is 202 Å². The first-order valence-corrected chi connectivity index (χ1v) is 11.6. The van der Waals surface area contributed by atoms with Crippen LogP contribution in [0.25, 0.3) is 0 Å². The largest absolute Gasteiger partial charge is 0.483 e. The molecule has 34 heavy (non-hydrogen) atoms. The molecule has 3 aromatic carbocycles. The number of carbonyl (C=O) groups excluding carboxylic acids is 2. The molecule has 5 heteroatoms. The minimum absolute atomic E-state index is 0.124. The zero-order valence-corrected chi connectivity index (χ0v) is 20.5. The molecule has 0 fully saturated rings. The number of hydrogen-bond acceptors (Lipinski definition) is 3. The zero-order chi connectivity index (χ0) is 24.6. The van der Waals surface area contributed by atoms with E-state index in [2.05, 4.69) is 26.1 Å². The van der Waals surface area contributed by atoms with E-state index in [0.717, 1.165) is 16.7 Å². The third-order valence-electron chi connectivity index (χ3n) is 5.76. The molecule has 0 aromatic heterocycles. The molecule has 0 bridgehead atoms.